The SMILES string of the molecule is CCn1cnnc1C(O)CCN. The number of nitrogens with zero attached hydrogens (tertiary/aromatic N) is 3. The summed E-state index contributed by atoms with van der Waals surface area (Å²) in [5.41, 5.74) is 5.31. The molecule has 5 nitrogen and oxygen atoms in total. The Balaban J connectivity index is 2.71. The number of nitrogens with two attached hydrogens (primary N) is 1. The first-order chi connectivity index (χ1) is 5.79. The summed E-state index contributed by atoms with van der Waals surface area (Å²) >= 11 is 0. The van der Waals surface area contributed by atoms with Crippen LogP contribution in [0.2, 0.25) is 0 Å². The summed E-state index contributed by atoms with van der Waals surface area (Å²) in [7, 11) is 0. The van der Waals surface area contributed by atoms with Crippen LogP contribution in [0.15, 0.2) is 6.33 Å². The van der Waals surface area contributed by atoms with Gasteiger partial charge in [-0.2, -0.15) is 0 Å². The number of aryl methyl sites for hydroxylation is 1. The molecule has 68 valence electrons. The lowest BCUT2D eigenvalue weighted by atomic mass is 10.2. The van der Waals surface area contributed by atoms with Crippen LogP contribution in [0.4, 0.5) is 0 Å². The van der Waals surface area contributed by atoms with Crippen LogP contribution in [0.25, 0.3) is 0 Å². The molecule has 5 heteroatoms. The van der Waals surface area contributed by atoms with Crippen LogP contribution >= 0.6 is 0 Å². The highest BCUT2D eigenvalue weighted by Gasteiger charge is 2.12. The molecule has 0 bridgehead atoms. The maximum Gasteiger partial charge on any atom is 0.161 e. The van der Waals surface area contributed by atoms with Gasteiger partial charge >= 0.3 is 0 Å². The van der Waals surface area contributed by atoms with Gasteiger partial charge in [-0.15, -0.1) is 10.2 Å². The van der Waals surface area contributed by atoms with Gasteiger partial charge in [0.1, 0.15) is 12.4 Å². The number of hydrogen-bond acceptors (Lipinski definition) is 4. The lowest BCUT2D eigenvalue weighted by Crippen LogP contribution is -2.12. The van der Waals surface area contributed by atoms with Gasteiger partial charge in [-0.25, -0.2) is 0 Å². The smallest absolute Gasteiger partial charge is 0.161 e. The largest absolute Gasteiger partial charge is 0.385 e. The molecule has 0 fully saturated rings. The minimum atomic E-state index is -0.586. The molecule has 0 saturated carbocycles. The topological polar surface area (TPSA) is 77.0 Å². The Morgan fingerprint density at radius 3 is 3.08 bits per heavy atom. The van der Waals surface area contributed by atoms with Crippen molar-refractivity contribution in [2.45, 2.75) is 26.0 Å². The first kappa shape index (κ1) is 9.15. The van der Waals surface area contributed by atoms with Gasteiger partial charge in [0, 0.05) is 6.54 Å². The Morgan fingerprint density at radius 2 is 2.50 bits per heavy atom. The predicted molar refractivity (Wildman–Crippen MR) is 44.3 cm³/mol. The third kappa shape index (κ3) is 1.80. The fourth-order valence-corrected chi connectivity index (χ4v) is 1.05. The zero-order chi connectivity index (χ0) is 8.97. The lowest BCUT2D eigenvalue weighted by Gasteiger charge is -2.08. The van der Waals surface area contributed by atoms with Crippen molar-refractivity contribution in [3.05, 3.63) is 12.2 Å². The first-order valence-corrected chi connectivity index (χ1v) is 4.05. The highest BCUT2D eigenvalue weighted by atomic mass is 16.3. The molecule has 1 heterocycles. The van der Waals surface area contributed by atoms with Gasteiger partial charge in [0.25, 0.3) is 0 Å². The van der Waals surface area contributed by atoms with Crippen LogP contribution in [0, 0.1) is 0 Å². The van der Waals surface area contributed by atoms with Gasteiger partial charge in [-0.05, 0) is 19.9 Å². The minimum absolute atomic E-state index is 0.456. The molecule has 0 radical (unpaired) electrons. The minimum Gasteiger partial charge on any atom is -0.385 e. The molecule has 0 aliphatic rings. The number of aliphatic hydroxyl groups excluding tert-OH is 1. The van der Waals surface area contributed by atoms with Crippen molar-refractivity contribution in [3.8, 4) is 0 Å². The second kappa shape index (κ2) is 4.18. The van der Waals surface area contributed by atoms with Gasteiger partial charge in [0.15, 0.2) is 5.82 Å². The monoisotopic (exact) mass is 170 g/mol. The van der Waals surface area contributed by atoms with Crippen molar-refractivity contribution in [1.82, 2.24) is 14.8 Å². The second-order valence-electron chi connectivity index (χ2n) is 2.57. The van der Waals surface area contributed by atoms with E-state index in [1.807, 2.05) is 6.92 Å². The maximum absolute atomic E-state index is 9.52. The van der Waals surface area contributed by atoms with E-state index in [-0.39, 0.29) is 0 Å². The Bertz CT molecular complexity index is 235. The van der Waals surface area contributed by atoms with Crippen molar-refractivity contribution >= 4 is 0 Å². The Morgan fingerprint density at radius 1 is 1.75 bits per heavy atom. The Hall–Kier alpha value is -0.940. The molecule has 1 aromatic rings. The first-order valence-electron chi connectivity index (χ1n) is 4.05. The average molecular weight is 170 g/mol. The summed E-state index contributed by atoms with van der Waals surface area (Å²) in [5, 5.41) is 17.0. The fraction of sp³-hybridized carbons (Fsp3) is 0.714. The highest BCUT2D eigenvalue weighted by molar-refractivity contribution is 4.90. The molecular weight excluding hydrogens is 156 g/mol. The molecule has 0 spiro atoms. The standard InChI is InChI=1S/C7H14N4O/c1-2-11-5-9-10-7(11)6(12)3-4-8/h5-6,12H,2-4,8H2,1H3. The highest BCUT2D eigenvalue weighted by Crippen LogP contribution is 2.11. The summed E-state index contributed by atoms with van der Waals surface area (Å²) in [6.45, 7) is 3.20. The van der Waals surface area contributed by atoms with E-state index in [0.29, 0.717) is 18.8 Å². The second-order valence-corrected chi connectivity index (χ2v) is 2.57. The average Bonchev–Trinajstić information content (AvgIpc) is 2.51. The molecule has 1 rings (SSSR count). The summed E-state index contributed by atoms with van der Waals surface area (Å²) in [6, 6.07) is 0. The van der Waals surface area contributed by atoms with E-state index in [1.165, 1.54) is 0 Å². The summed E-state index contributed by atoms with van der Waals surface area (Å²) < 4.78 is 1.81. The molecule has 0 amide bonds. The number of rotatable bonds is 4. The van der Waals surface area contributed by atoms with Crippen molar-refractivity contribution < 1.29 is 5.11 Å². The lowest BCUT2D eigenvalue weighted by molar-refractivity contribution is 0.155. The third-order valence-electron chi connectivity index (χ3n) is 1.72. The normalized spacial score (nSPS) is 13.2. The van der Waals surface area contributed by atoms with Crippen LogP contribution in [0.3, 0.4) is 0 Å². The molecular formula is C7H14N4O. The van der Waals surface area contributed by atoms with Crippen molar-refractivity contribution in [3.63, 3.8) is 0 Å². The van der Waals surface area contributed by atoms with E-state index < -0.39 is 6.10 Å². The molecule has 0 saturated heterocycles. The van der Waals surface area contributed by atoms with Gasteiger partial charge < -0.3 is 15.4 Å². The fourth-order valence-electron chi connectivity index (χ4n) is 1.05. The number of aliphatic hydroxyl groups is 1. The molecule has 3 N–H and O–H groups in total. The van der Waals surface area contributed by atoms with E-state index >= 15 is 0 Å². The molecule has 1 atom stereocenters. The van der Waals surface area contributed by atoms with Gasteiger partial charge in [0.05, 0.1) is 0 Å². The summed E-state index contributed by atoms with van der Waals surface area (Å²) in [5.74, 6) is 0.600. The molecule has 1 unspecified atom stereocenters. The third-order valence-corrected chi connectivity index (χ3v) is 1.72. The summed E-state index contributed by atoms with van der Waals surface area (Å²) in [6.07, 6.45) is 1.55. The zero-order valence-corrected chi connectivity index (χ0v) is 7.14. The van der Waals surface area contributed by atoms with E-state index in [2.05, 4.69) is 10.2 Å². The number of aromatic nitrogens is 3. The molecule has 0 aliphatic heterocycles. The van der Waals surface area contributed by atoms with Gasteiger partial charge in [0.2, 0.25) is 0 Å². The quantitative estimate of drug-likeness (QED) is 0.649. The van der Waals surface area contributed by atoms with Gasteiger partial charge in [-0.3, -0.25) is 0 Å². The Labute approximate surface area is 71.2 Å². The number of hydrogen-bond donors (Lipinski definition) is 2. The van der Waals surface area contributed by atoms with Crippen LogP contribution < -0.4 is 5.73 Å². The molecule has 12 heavy (non-hydrogen) atoms. The zero-order valence-electron chi connectivity index (χ0n) is 7.14. The molecule has 1 aromatic heterocycles. The maximum atomic E-state index is 9.52. The molecule has 0 aliphatic carbocycles. The Kier molecular flexibility index (Phi) is 3.19. The van der Waals surface area contributed by atoms with Crippen LogP contribution in [0.1, 0.15) is 25.3 Å². The van der Waals surface area contributed by atoms with E-state index in [9.17, 15) is 5.11 Å². The molecule has 0 aromatic carbocycles. The van der Waals surface area contributed by atoms with E-state index in [4.69, 9.17) is 5.73 Å². The summed E-state index contributed by atoms with van der Waals surface area (Å²) in [4.78, 5) is 0. The van der Waals surface area contributed by atoms with Crippen molar-refractivity contribution in [1.29, 1.82) is 0 Å². The van der Waals surface area contributed by atoms with Crippen molar-refractivity contribution in [2.75, 3.05) is 6.54 Å². The predicted octanol–water partition coefficient (Wildman–Crippen LogP) is -0.320. The van der Waals surface area contributed by atoms with Crippen LogP contribution in [0.5, 0.6) is 0 Å². The van der Waals surface area contributed by atoms with Crippen LogP contribution in [-0.4, -0.2) is 26.4 Å². The van der Waals surface area contributed by atoms with E-state index in [1.54, 1.807) is 10.9 Å². The van der Waals surface area contributed by atoms with E-state index in [0.717, 1.165) is 6.54 Å². The van der Waals surface area contributed by atoms with Gasteiger partial charge in [-0.1, -0.05) is 0 Å². The van der Waals surface area contributed by atoms with Crippen molar-refractivity contribution in [2.24, 2.45) is 5.73 Å². The van der Waals surface area contributed by atoms with Crippen LogP contribution in [-0.2, 0) is 6.54 Å².